The Balaban J connectivity index is 2.48. The summed E-state index contributed by atoms with van der Waals surface area (Å²) >= 11 is 0. The Morgan fingerprint density at radius 3 is 2.94 bits per heavy atom. The number of para-hydroxylation sites is 1. The summed E-state index contributed by atoms with van der Waals surface area (Å²) in [5.74, 6) is -1.35. The van der Waals surface area contributed by atoms with Crippen LogP contribution in [0, 0.1) is 5.82 Å². The Kier molecular flexibility index (Phi) is 2.91. The van der Waals surface area contributed by atoms with E-state index in [4.69, 9.17) is 5.11 Å². The number of nitrogens with zero attached hydrogens (tertiary/aromatic N) is 1. The van der Waals surface area contributed by atoms with Crippen LogP contribution in [0.4, 0.5) is 10.1 Å². The predicted molar refractivity (Wildman–Crippen MR) is 62.4 cm³/mol. The molecule has 0 saturated carbocycles. The highest BCUT2D eigenvalue weighted by Gasteiger charge is 2.13. The fourth-order valence-electron chi connectivity index (χ4n) is 1.55. The van der Waals surface area contributed by atoms with Gasteiger partial charge in [0.25, 0.3) is 0 Å². The van der Waals surface area contributed by atoms with Crippen molar-refractivity contribution >= 4 is 22.6 Å². The number of hydrogen-bond donors (Lipinski definition) is 2. The van der Waals surface area contributed by atoms with E-state index in [-0.39, 0.29) is 5.82 Å². The molecule has 0 amide bonds. The third kappa shape index (κ3) is 2.18. The van der Waals surface area contributed by atoms with Gasteiger partial charge in [-0.1, -0.05) is 6.07 Å². The second kappa shape index (κ2) is 4.37. The van der Waals surface area contributed by atoms with E-state index < -0.39 is 12.0 Å². The third-order valence-corrected chi connectivity index (χ3v) is 2.46. The first-order chi connectivity index (χ1) is 8.09. The van der Waals surface area contributed by atoms with Gasteiger partial charge in [-0.3, -0.25) is 9.78 Å². The number of anilines is 1. The standard InChI is InChI=1S/C12H11FN2O2/c1-7(12(16)17)15-10-4-2-3-8-9(13)5-6-14-11(8)10/h2-7,15H,1H3,(H,16,17). The monoisotopic (exact) mass is 234 g/mol. The molecule has 0 aliphatic carbocycles. The Labute approximate surface area is 97.1 Å². The van der Waals surface area contributed by atoms with Crippen molar-refractivity contribution in [3.8, 4) is 0 Å². The topological polar surface area (TPSA) is 62.2 Å². The molecule has 0 spiro atoms. The minimum atomic E-state index is -0.974. The molecule has 0 bridgehead atoms. The van der Waals surface area contributed by atoms with Crippen LogP contribution >= 0.6 is 0 Å². The zero-order valence-corrected chi connectivity index (χ0v) is 9.14. The van der Waals surface area contributed by atoms with Crippen molar-refractivity contribution in [2.24, 2.45) is 0 Å². The fourth-order valence-corrected chi connectivity index (χ4v) is 1.55. The smallest absolute Gasteiger partial charge is 0.325 e. The molecule has 5 heteroatoms. The van der Waals surface area contributed by atoms with Crippen molar-refractivity contribution in [1.29, 1.82) is 0 Å². The lowest BCUT2D eigenvalue weighted by atomic mass is 10.1. The van der Waals surface area contributed by atoms with Crippen molar-refractivity contribution in [3.05, 3.63) is 36.3 Å². The maximum Gasteiger partial charge on any atom is 0.325 e. The summed E-state index contributed by atoms with van der Waals surface area (Å²) in [4.78, 5) is 14.8. The van der Waals surface area contributed by atoms with Gasteiger partial charge in [-0.15, -0.1) is 0 Å². The molecule has 0 saturated heterocycles. The highest BCUT2D eigenvalue weighted by molar-refractivity contribution is 5.92. The largest absolute Gasteiger partial charge is 0.480 e. The van der Waals surface area contributed by atoms with Crippen LogP contribution in [0.3, 0.4) is 0 Å². The molecule has 88 valence electrons. The molecule has 2 aromatic rings. The van der Waals surface area contributed by atoms with Crippen LogP contribution in [0.2, 0.25) is 0 Å². The number of halogens is 1. The van der Waals surface area contributed by atoms with E-state index in [0.29, 0.717) is 16.6 Å². The van der Waals surface area contributed by atoms with Gasteiger partial charge < -0.3 is 10.4 Å². The van der Waals surface area contributed by atoms with Gasteiger partial charge in [0.15, 0.2) is 0 Å². The van der Waals surface area contributed by atoms with E-state index in [0.717, 1.165) is 0 Å². The van der Waals surface area contributed by atoms with Gasteiger partial charge in [0, 0.05) is 11.6 Å². The zero-order valence-electron chi connectivity index (χ0n) is 9.14. The maximum atomic E-state index is 13.5. The van der Waals surface area contributed by atoms with Gasteiger partial charge in [-0.2, -0.15) is 0 Å². The molecular formula is C12H11FN2O2. The second-order valence-electron chi connectivity index (χ2n) is 3.70. The van der Waals surface area contributed by atoms with Crippen LogP contribution in [0.25, 0.3) is 10.9 Å². The lowest BCUT2D eigenvalue weighted by molar-refractivity contribution is -0.137. The first-order valence-corrected chi connectivity index (χ1v) is 5.12. The first kappa shape index (κ1) is 11.3. The van der Waals surface area contributed by atoms with Gasteiger partial charge >= 0.3 is 5.97 Å². The van der Waals surface area contributed by atoms with Gasteiger partial charge in [0.05, 0.1) is 11.2 Å². The van der Waals surface area contributed by atoms with Crippen molar-refractivity contribution < 1.29 is 14.3 Å². The normalized spacial score (nSPS) is 12.4. The van der Waals surface area contributed by atoms with Gasteiger partial charge in [0.2, 0.25) is 0 Å². The first-order valence-electron chi connectivity index (χ1n) is 5.12. The summed E-state index contributed by atoms with van der Waals surface area (Å²) in [6, 6.07) is 5.45. The molecular weight excluding hydrogens is 223 g/mol. The Bertz CT molecular complexity index is 571. The molecule has 4 nitrogen and oxygen atoms in total. The molecule has 17 heavy (non-hydrogen) atoms. The molecule has 1 heterocycles. The van der Waals surface area contributed by atoms with E-state index >= 15 is 0 Å². The minimum absolute atomic E-state index is 0.370. The number of fused-ring (bicyclic) bond motifs is 1. The van der Waals surface area contributed by atoms with Crippen LogP contribution < -0.4 is 5.32 Å². The van der Waals surface area contributed by atoms with E-state index in [9.17, 15) is 9.18 Å². The van der Waals surface area contributed by atoms with Crippen molar-refractivity contribution in [2.75, 3.05) is 5.32 Å². The zero-order chi connectivity index (χ0) is 12.4. The summed E-state index contributed by atoms with van der Waals surface area (Å²) in [5.41, 5.74) is 0.942. The SMILES string of the molecule is CC(Nc1cccc2c(F)ccnc12)C(=O)O. The summed E-state index contributed by atoms with van der Waals surface area (Å²) in [5, 5.41) is 12.0. The van der Waals surface area contributed by atoms with Crippen LogP contribution in [0.1, 0.15) is 6.92 Å². The van der Waals surface area contributed by atoms with Crippen LogP contribution in [0.15, 0.2) is 30.5 Å². The van der Waals surface area contributed by atoms with Crippen LogP contribution in [0.5, 0.6) is 0 Å². The summed E-state index contributed by atoms with van der Waals surface area (Å²) < 4.78 is 13.5. The lowest BCUT2D eigenvalue weighted by Crippen LogP contribution is -2.25. The number of rotatable bonds is 3. The number of hydrogen-bond acceptors (Lipinski definition) is 3. The summed E-state index contributed by atoms with van der Waals surface area (Å²) in [7, 11) is 0. The summed E-state index contributed by atoms with van der Waals surface area (Å²) in [6.07, 6.45) is 1.36. The van der Waals surface area contributed by atoms with Crippen molar-refractivity contribution in [3.63, 3.8) is 0 Å². The predicted octanol–water partition coefficient (Wildman–Crippen LogP) is 2.26. The van der Waals surface area contributed by atoms with E-state index in [2.05, 4.69) is 10.3 Å². The second-order valence-corrected chi connectivity index (χ2v) is 3.70. The molecule has 0 radical (unpaired) electrons. The number of aliphatic carboxylic acids is 1. The molecule has 0 aliphatic rings. The number of carbonyl (C=O) groups is 1. The van der Waals surface area contributed by atoms with Gasteiger partial charge in [-0.25, -0.2) is 4.39 Å². The van der Waals surface area contributed by atoms with E-state index in [1.165, 1.54) is 19.2 Å². The fraction of sp³-hybridized carbons (Fsp3) is 0.167. The number of benzene rings is 1. The molecule has 1 atom stereocenters. The molecule has 0 aliphatic heterocycles. The number of nitrogens with one attached hydrogen (secondary N) is 1. The van der Waals surface area contributed by atoms with Crippen molar-refractivity contribution in [2.45, 2.75) is 13.0 Å². The van der Waals surface area contributed by atoms with E-state index in [1.807, 2.05) is 0 Å². The number of carboxylic acids is 1. The molecule has 2 rings (SSSR count). The van der Waals surface area contributed by atoms with Crippen molar-refractivity contribution in [1.82, 2.24) is 4.98 Å². The van der Waals surface area contributed by atoms with Gasteiger partial charge in [-0.05, 0) is 25.1 Å². The number of aromatic nitrogens is 1. The molecule has 1 aromatic carbocycles. The average molecular weight is 234 g/mol. The number of carboxylic acid groups (broad SMARTS) is 1. The molecule has 1 aromatic heterocycles. The average Bonchev–Trinajstić information content (AvgIpc) is 2.30. The maximum absolute atomic E-state index is 13.5. The molecule has 2 N–H and O–H groups in total. The van der Waals surface area contributed by atoms with Crippen LogP contribution in [-0.4, -0.2) is 22.1 Å². The Morgan fingerprint density at radius 1 is 1.47 bits per heavy atom. The number of pyridine rings is 1. The molecule has 0 fully saturated rings. The minimum Gasteiger partial charge on any atom is -0.480 e. The quantitative estimate of drug-likeness (QED) is 0.855. The van der Waals surface area contributed by atoms with Gasteiger partial charge in [0.1, 0.15) is 11.9 Å². The Hall–Kier alpha value is -2.17. The van der Waals surface area contributed by atoms with E-state index in [1.54, 1.807) is 18.2 Å². The highest BCUT2D eigenvalue weighted by Crippen LogP contribution is 2.23. The van der Waals surface area contributed by atoms with Crippen LogP contribution in [-0.2, 0) is 4.79 Å². The Morgan fingerprint density at radius 2 is 2.24 bits per heavy atom. The summed E-state index contributed by atoms with van der Waals surface area (Å²) in [6.45, 7) is 1.51. The molecule has 1 unspecified atom stereocenters. The lowest BCUT2D eigenvalue weighted by Gasteiger charge is -2.12. The third-order valence-electron chi connectivity index (χ3n) is 2.46. The highest BCUT2D eigenvalue weighted by atomic mass is 19.1.